The second-order valence-corrected chi connectivity index (χ2v) is 5.14. The fraction of sp³-hybridized carbons (Fsp3) is 0.444. The molecule has 0 fully saturated rings. The van der Waals surface area contributed by atoms with Crippen molar-refractivity contribution in [1.29, 1.82) is 0 Å². The summed E-state index contributed by atoms with van der Waals surface area (Å²) in [5.41, 5.74) is 0. The van der Waals surface area contributed by atoms with Gasteiger partial charge in [-0.2, -0.15) is 0 Å². The predicted molar refractivity (Wildman–Crippen MR) is 66.4 cm³/mol. The molecule has 16 heavy (non-hydrogen) atoms. The molecule has 0 aliphatic carbocycles. The average Bonchev–Trinajstić information content (AvgIpc) is 2.87. The molecule has 0 unspecified atom stereocenters. The Hall–Kier alpha value is -1.21. The molecule has 0 aromatic carbocycles. The van der Waals surface area contributed by atoms with Gasteiger partial charge < -0.3 is 5.32 Å². The van der Waals surface area contributed by atoms with Gasteiger partial charge in [0.05, 0.1) is 6.54 Å². The Morgan fingerprint density at radius 2 is 2.38 bits per heavy atom. The monoisotopic (exact) mass is 256 g/mol. The molecule has 0 aliphatic rings. The molecule has 0 radical (unpaired) electrons. The normalized spacial score (nSPS) is 10.6. The zero-order valence-electron chi connectivity index (χ0n) is 8.84. The van der Waals surface area contributed by atoms with E-state index in [0.717, 1.165) is 23.1 Å². The Morgan fingerprint density at radius 3 is 3.06 bits per heavy atom. The molecule has 86 valence electrons. The molecule has 0 bridgehead atoms. The lowest BCUT2D eigenvalue weighted by molar-refractivity contribution is 0.765. The molecule has 5 nitrogen and oxygen atoms in total. The van der Waals surface area contributed by atoms with Crippen LogP contribution in [0.3, 0.4) is 0 Å². The summed E-state index contributed by atoms with van der Waals surface area (Å²) in [6.07, 6.45) is 2.83. The third-order valence-electron chi connectivity index (χ3n) is 1.94. The highest BCUT2D eigenvalue weighted by molar-refractivity contribution is 7.15. The van der Waals surface area contributed by atoms with Gasteiger partial charge >= 0.3 is 4.87 Å². The highest BCUT2D eigenvalue weighted by Crippen LogP contribution is 2.15. The molecule has 2 rings (SSSR count). The zero-order valence-corrected chi connectivity index (χ0v) is 10.5. The minimum absolute atomic E-state index is 0.0401. The van der Waals surface area contributed by atoms with Crippen molar-refractivity contribution in [3.8, 4) is 0 Å². The summed E-state index contributed by atoms with van der Waals surface area (Å²) in [5.74, 6) is 0. The molecule has 0 amide bonds. The molecule has 7 heteroatoms. The van der Waals surface area contributed by atoms with Crippen LogP contribution in [-0.2, 0) is 6.54 Å². The number of hydrogen-bond donors (Lipinski definition) is 1. The van der Waals surface area contributed by atoms with E-state index in [1.54, 1.807) is 16.1 Å². The first-order chi connectivity index (χ1) is 7.79. The summed E-state index contributed by atoms with van der Waals surface area (Å²) in [6, 6.07) is 0. The van der Waals surface area contributed by atoms with Gasteiger partial charge in [-0.05, 0) is 6.42 Å². The number of rotatable bonds is 5. The van der Waals surface area contributed by atoms with Crippen molar-refractivity contribution in [3.05, 3.63) is 26.3 Å². The maximum atomic E-state index is 11.3. The van der Waals surface area contributed by atoms with E-state index in [-0.39, 0.29) is 4.87 Å². The van der Waals surface area contributed by atoms with Crippen molar-refractivity contribution >= 4 is 27.8 Å². The minimum Gasteiger partial charge on any atom is -0.360 e. The Labute approximate surface area is 101 Å². The number of anilines is 1. The van der Waals surface area contributed by atoms with Crippen molar-refractivity contribution in [2.45, 2.75) is 19.9 Å². The molecular weight excluding hydrogens is 244 g/mol. The molecule has 0 saturated heterocycles. The minimum atomic E-state index is 0.0401. The van der Waals surface area contributed by atoms with Gasteiger partial charge in [0, 0.05) is 18.1 Å². The summed E-state index contributed by atoms with van der Waals surface area (Å²) in [4.78, 5) is 11.4. The van der Waals surface area contributed by atoms with Crippen molar-refractivity contribution in [1.82, 2.24) is 14.8 Å². The quantitative estimate of drug-likeness (QED) is 0.883. The van der Waals surface area contributed by atoms with Crippen LogP contribution in [-0.4, -0.2) is 21.3 Å². The van der Waals surface area contributed by atoms with Crippen LogP contribution < -0.4 is 10.2 Å². The lowest BCUT2D eigenvalue weighted by Gasteiger charge is -1.96. The highest BCUT2D eigenvalue weighted by Gasteiger charge is 2.05. The number of aromatic nitrogens is 3. The molecule has 2 aromatic rings. The second kappa shape index (κ2) is 5.22. The smallest absolute Gasteiger partial charge is 0.307 e. The van der Waals surface area contributed by atoms with E-state index in [1.807, 2.05) is 0 Å². The maximum absolute atomic E-state index is 11.3. The van der Waals surface area contributed by atoms with Crippen molar-refractivity contribution in [2.24, 2.45) is 0 Å². The van der Waals surface area contributed by atoms with Gasteiger partial charge in [0.1, 0.15) is 5.01 Å². The van der Waals surface area contributed by atoms with Gasteiger partial charge in [0.2, 0.25) is 5.13 Å². The lowest BCUT2D eigenvalue weighted by atomic mass is 10.5. The van der Waals surface area contributed by atoms with Crippen LogP contribution in [0.2, 0.25) is 0 Å². The van der Waals surface area contributed by atoms with E-state index >= 15 is 0 Å². The Kier molecular flexibility index (Phi) is 3.68. The van der Waals surface area contributed by atoms with Crippen molar-refractivity contribution in [3.63, 3.8) is 0 Å². The van der Waals surface area contributed by atoms with Gasteiger partial charge in [0.25, 0.3) is 0 Å². The predicted octanol–water partition coefficient (Wildman–Crippen LogP) is 1.63. The fourth-order valence-electron chi connectivity index (χ4n) is 1.17. The van der Waals surface area contributed by atoms with Gasteiger partial charge in [-0.15, -0.1) is 10.2 Å². The SMILES string of the molecule is CCCNc1nnc(Cn2ccsc2=O)s1. The first-order valence-corrected chi connectivity index (χ1v) is 6.69. The maximum Gasteiger partial charge on any atom is 0.307 e. The number of nitrogens with zero attached hydrogens (tertiary/aromatic N) is 3. The van der Waals surface area contributed by atoms with Crippen molar-refractivity contribution < 1.29 is 0 Å². The van der Waals surface area contributed by atoms with Crippen LogP contribution >= 0.6 is 22.7 Å². The van der Waals surface area contributed by atoms with Crippen molar-refractivity contribution in [2.75, 3.05) is 11.9 Å². The van der Waals surface area contributed by atoms with Crippen LogP contribution in [0, 0.1) is 0 Å². The third kappa shape index (κ3) is 2.67. The fourth-order valence-corrected chi connectivity index (χ4v) is 2.52. The van der Waals surface area contributed by atoms with Gasteiger partial charge in [0.15, 0.2) is 0 Å². The van der Waals surface area contributed by atoms with E-state index < -0.39 is 0 Å². The van der Waals surface area contributed by atoms with E-state index in [2.05, 4.69) is 22.4 Å². The van der Waals surface area contributed by atoms with Crippen LogP contribution in [0.1, 0.15) is 18.4 Å². The molecule has 2 aromatic heterocycles. The molecular formula is C9H12N4OS2. The summed E-state index contributed by atoms with van der Waals surface area (Å²) in [5, 5.41) is 14.7. The molecule has 0 atom stereocenters. The Morgan fingerprint density at radius 1 is 1.50 bits per heavy atom. The van der Waals surface area contributed by atoms with E-state index in [4.69, 9.17) is 0 Å². The number of thiazole rings is 1. The summed E-state index contributed by atoms with van der Waals surface area (Å²) in [7, 11) is 0. The average molecular weight is 256 g/mol. The topological polar surface area (TPSA) is 59.8 Å². The highest BCUT2D eigenvalue weighted by atomic mass is 32.1. The largest absolute Gasteiger partial charge is 0.360 e. The molecule has 0 aliphatic heterocycles. The lowest BCUT2D eigenvalue weighted by Crippen LogP contribution is -2.12. The van der Waals surface area contributed by atoms with Crippen LogP contribution in [0.4, 0.5) is 5.13 Å². The third-order valence-corrected chi connectivity index (χ3v) is 3.50. The summed E-state index contributed by atoms with van der Waals surface area (Å²) < 4.78 is 1.63. The Balaban J connectivity index is 2.03. The second-order valence-electron chi connectivity index (χ2n) is 3.22. The standard InChI is InChI=1S/C9H12N4OS2/c1-2-3-10-8-12-11-7(16-8)6-13-4-5-15-9(13)14/h4-5H,2-3,6H2,1H3,(H,10,12). The zero-order chi connectivity index (χ0) is 11.4. The van der Waals surface area contributed by atoms with Gasteiger partial charge in [-0.3, -0.25) is 9.36 Å². The Bertz CT molecular complexity index is 501. The first-order valence-electron chi connectivity index (χ1n) is 4.99. The van der Waals surface area contributed by atoms with Crippen LogP contribution in [0.15, 0.2) is 16.4 Å². The molecule has 0 saturated carbocycles. The van der Waals surface area contributed by atoms with E-state index in [1.165, 1.54) is 22.7 Å². The molecule has 2 heterocycles. The summed E-state index contributed by atoms with van der Waals surface area (Å²) >= 11 is 2.68. The molecule has 0 spiro atoms. The van der Waals surface area contributed by atoms with E-state index in [9.17, 15) is 4.79 Å². The summed E-state index contributed by atoms with van der Waals surface area (Å²) in [6.45, 7) is 3.50. The van der Waals surface area contributed by atoms with E-state index in [0.29, 0.717) is 6.54 Å². The van der Waals surface area contributed by atoms with Crippen LogP contribution in [0.25, 0.3) is 0 Å². The number of hydrogen-bond acceptors (Lipinski definition) is 6. The van der Waals surface area contributed by atoms with Crippen LogP contribution in [0.5, 0.6) is 0 Å². The number of nitrogens with one attached hydrogen (secondary N) is 1. The first kappa shape index (κ1) is 11.3. The molecule has 1 N–H and O–H groups in total. The van der Waals surface area contributed by atoms with Gasteiger partial charge in [-0.1, -0.05) is 29.6 Å². The van der Waals surface area contributed by atoms with Gasteiger partial charge in [-0.25, -0.2) is 0 Å².